The molecule has 6 nitrogen and oxygen atoms in total. The van der Waals surface area contributed by atoms with Crippen LogP contribution in [0.2, 0.25) is 5.02 Å². The highest BCUT2D eigenvalue weighted by atomic mass is 35.5. The van der Waals surface area contributed by atoms with Gasteiger partial charge in [-0.05, 0) is 31.2 Å². The minimum Gasteiger partial charge on any atom is -0.342 e. The van der Waals surface area contributed by atoms with Gasteiger partial charge in [-0.1, -0.05) is 16.8 Å². The van der Waals surface area contributed by atoms with Crippen LogP contribution in [0.5, 0.6) is 0 Å². The summed E-state index contributed by atoms with van der Waals surface area (Å²) in [5.74, 6) is 0.930. The molecule has 0 aliphatic heterocycles. The summed E-state index contributed by atoms with van der Waals surface area (Å²) in [7, 11) is 1.74. The van der Waals surface area contributed by atoms with Gasteiger partial charge in [0.1, 0.15) is 0 Å². The molecule has 1 amide bonds. The van der Waals surface area contributed by atoms with E-state index in [1.54, 1.807) is 24.1 Å². The average molecular weight is 359 g/mol. The molecule has 1 aromatic heterocycles. The number of aryl methyl sites for hydroxylation is 1. The fourth-order valence-corrected chi connectivity index (χ4v) is 1.99. The van der Waals surface area contributed by atoms with Crippen LogP contribution in [0.3, 0.4) is 0 Å². The van der Waals surface area contributed by atoms with Crippen LogP contribution in [-0.2, 0) is 11.2 Å². The Hall–Kier alpha value is -1.63. The molecule has 2 rings (SSSR count). The summed E-state index contributed by atoms with van der Waals surface area (Å²) in [6.45, 7) is 2.34. The number of amides is 1. The molecule has 1 unspecified atom stereocenters. The van der Waals surface area contributed by atoms with E-state index in [1.165, 1.54) is 0 Å². The Bertz CT molecular complexity index is 631. The standard InChI is InChI=1S/C15H19ClN4O2.ClH/c1-10(9-17)20(2)14(21)8-7-13-18-15(19-22-13)11-3-5-12(16)6-4-11;/h3-6,10H,7-9,17H2,1-2H3;1H. The van der Waals surface area contributed by atoms with Crippen LogP contribution in [0.4, 0.5) is 0 Å². The van der Waals surface area contributed by atoms with Crippen LogP contribution >= 0.6 is 24.0 Å². The van der Waals surface area contributed by atoms with Crippen molar-refractivity contribution < 1.29 is 9.32 Å². The van der Waals surface area contributed by atoms with Gasteiger partial charge in [-0.25, -0.2) is 0 Å². The molecule has 0 saturated carbocycles. The van der Waals surface area contributed by atoms with Crippen molar-refractivity contribution >= 4 is 29.9 Å². The van der Waals surface area contributed by atoms with Gasteiger partial charge in [0.05, 0.1) is 0 Å². The molecule has 1 aromatic carbocycles. The van der Waals surface area contributed by atoms with E-state index in [0.29, 0.717) is 36.1 Å². The molecule has 126 valence electrons. The predicted octanol–water partition coefficient (Wildman–Crippen LogP) is 2.55. The summed E-state index contributed by atoms with van der Waals surface area (Å²) in [5.41, 5.74) is 6.37. The molecule has 0 radical (unpaired) electrons. The Labute approximate surface area is 146 Å². The molecule has 1 atom stereocenters. The van der Waals surface area contributed by atoms with Crippen LogP contribution in [-0.4, -0.2) is 40.6 Å². The van der Waals surface area contributed by atoms with E-state index in [2.05, 4.69) is 10.1 Å². The molecule has 8 heteroatoms. The van der Waals surface area contributed by atoms with E-state index in [-0.39, 0.29) is 24.4 Å². The molecule has 0 spiro atoms. The number of hydrogen-bond acceptors (Lipinski definition) is 5. The van der Waals surface area contributed by atoms with Crippen molar-refractivity contribution in [2.24, 2.45) is 5.73 Å². The molecule has 0 aliphatic rings. The average Bonchev–Trinajstić information content (AvgIpc) is 3.00. The molecule has 1 heterocycles. The van der Waals surface area contributed by atoms with Gasteiger partial charge in [-0.2, -0.15) is 4.98 Å². The van der Waals surface area contributed by atoms with E-state index in [9.17, 15) is 4.79 Å². The second kappa shape index (κ2) is 8.86. The number of benzene rings is 1. The zero-order chi connectivity index (χ0) is 16.1. The molecular formula is C15H20Cl2N4O2. The molecule has 0 bridgehead atoms. The van der Waals surface area contributed by atoms with Crippen LogP contribution in [0, 0.1) is 0 Å². The Morgan fingerprint density at radius 1 is 1.39 bits per heavy atom. The number of carbonyl (C=O) groups is 1. The molecular weight excluding hydrogens is 339 g/mol. The van der Waals surface area contributed by atoms with Crippen LogP contribution in [0.15, 0.2) is 28.8 Å². The Morgan fingerprint density at radius 3 is 2.65 bits per heavy atom. The first-order valence-corrected chi connectivity index (χ1v) is 7.43. The van der Waals surface area contributed by atoms with Gasteiger partial charge < -0.3 is 15.2 Å². The second-order valence-corrected chi connectivity index (χ2v) is 5.54. The number of carbonyl (C=O) groups excluding carboxylic acids is 1. The third-order valence-electron chi connectivity index (χ3n) is 3.52. The van der Waals surface area contributed by atoms with Gasteiger partial charge in [0.15, 0.2) is 0 Å². The molecule has 0 aliphatic carbocycles. The number of hydrogen-bond donors (Lipinski definition) is 1. The van der Waals surface area contributed by atoms with E-state index < -0.39 is 0 Å². The fraction of sp³-hybridized carbons (Fsp3) is 0.400. The lowest BCUT2D eigenvalue weighted by atomic mass is 10.2. The summed E-state index contributed by atoms with van der Waals surface area (Å²) < 4.78 is 5.18. The number of likely N-dealkylation sites (N-methyl/N-ethyl adjacent to an activating group) is 1. The summed E-state index contributed by atoms with van der Waals surface area (Å²) in [6.07, 6.45) is 0.712. The molecule has 0 fully saturated rings. The van der Waals surface area contributed by atoms with Crippen molar-refractivity contribution in [2.45, 2.75) is 25.8 Å². The highest BCUT2D eigenvalue weighted by Gasteiger charge is 2.16. The molecule has 0 saturated heterocycles. The lowest BCUT2D eigenvalue weighted by Gasteiger charge is -2.23. The Morgan fingerprint density at radius 2 is 2.04 bits per heavy atom. The molecule has 2 N–H and O–H groups in total. The van der Waals surface area contributed by atoms with E-state index in [4.69, 9.17) is 21.9 Å². The van der Waals surface area contributed by atoms with E-state index >= 15 is 0 Å². The number of nitrogens with zero attached hydrogens (tertiary/aromatic N) is 3. The van der Waals surface area contributed by atoms with E-state index in [1.807, 2.05) is 19.1 Å². The smallest absolute Gasteiger partial charge is 0.227 e. The normalized spacial score (nSPS) is 11.7. The van der Waals surface area contributed by atoms with Crippen molar-refractivity contribution in [3.63, 3.8) is 0 Å². The van der Waals surface area contributed by atoms with Gasteiger partial charge >= 0.3 is 0 Å². The van der Waals surface area contributed by atoms with Gasteiger partial charge in [0, 0.05) is 43.1 Å². The van der Waals surface area contributed by atoms with Gasteiger partial charge in [0.2, 0.25) is 17.6 Å². The first kappa shape index (κ1) is 19.4. The number of halogens is 2. The van der Waals surface area contributed by atoms with Crippen molar-refractivity contribution in [1.29, 1.82) is 0 Å². The third kappa shape index (κ3) is 5.20. The van der Waals surface area contributed by atoms with Gasteiger partial charge in [0.25, 0.3) is 0 Å². The third-order valence-corrected chi connectivity index (χ3v) is 3.77. The number of nitrogens with two attached hydrogens (primary N) is 1. The van der Waals surface area contributed by atoms with Gasteiger partial charge in [-0.15, -0.1) is 12.4 Å². The minimum absolute atomic E-state index is 0. The van der Waals surface area contributed by atoms with Crippen molar-refractivity contribution in [1.82, 2.24) is 15.0 Å². The maximum absolute atomic E-state index is 12.0. The SMILES string of the molecule is CC(CN)N(C)C(=O)CCc1nc(-c2ccc(Cl)cc2)no1.Cl. The lowest BCUT2D eigenvalue weighted by molar-refractivity contribution is -0.131. The first-order chi connectivity index (χ1) is 10.5. The maximum Gasteiger partial charge on any atom is 0.227 e. The van der Waals surface area contributed by atoms with Crippen molar-refractivity contribution in [2.75, 3.05) is 13.6 Å². The van der Waals surface area contributed by atoms with Crippen molar-refractivity contribution in [3.05, 3.63) is 35.2 Å². The highest BCUT2D eigenvalue weighted by molar-refractivity contribution is 6.30. The predicted molar refractivity (Wildman–Crippen MR) is 91.6 cm³/mol. The van der Waals surface area contributed by atoms with E-state index in [0.717, 1.165) is 5.56 Å². The van der Waals surface area contributed by atoms with Crippen molar-refractivity contribution in [3.8, 4) is 11.4 Å². The quantitative estimate of drug-likeness (QED) is 0.857. The minimum atomic E-state index is 0. The van der Waals surface area contributed by atoms with Crippen LogP contribution in [0.1, 0.15) is 19.2 Å². The lowest BCUT2D eigenvalue weighted by Crippen LogP contribution is -2.39. The Kier molecular flexibility index (Phi) is 7.48. The zero-order valence-electron chi connectivity index (χ0n) is 13.0. The Balaban J connectivity index is 0.00000264. The highest BCUT2D eigenvalue weighted by Crippen LogP contribution is 2.19. The molecule has 2 aromatic rings. The zero-order valence-corrected chi connectivity index (χ0v) is 14.6. The maximum atomic E-state index is 12.0. The van der Waals surface area contributed by atoms with Crippen LogP contribution < -0.4 is 5.73 Å². The largest absolute Gasteiger partial charge is 0.342 e. The monoisotopic (exact) mass is 358 g/mol. The topological polar surface area (TPSA) is 85.2 Å². The number of aromatic nitrogens is 2. The summed E-state index contributed by atoms with van der Waals surface area (Å²) in [6, 6.07) is 7.18. The fourth-order valence-electron chi connectivity index (χ4n) is 1.87. The van der Waals surface area contributed by atoms with Crippen LogP contribution in [0.25, 0.3) is 11.4 Å². The number of rotatable bonds is 6. The molecule has 23 heavy (non-hydrogen) atoms. The first-order valence-electron chi connectivity index (χ1n) is 7.05. The van der Waals surface area contributed by atoms with Gasteiger partial charge in [-0.3, -0.25) is 4.79 Å². The summed E-state index contributed by atoms with van der Waals surface area (Å²) >= 11 is 5.84. The second-order valence-electron chi connectivity index (χ2n) is 5.11. The summed E-state index contributed by atoms with van der Waals surface area (Å²) in [5, 5.41) is 4.56. The summed E-state index contributed by atoms with van der Waals surface area (Å²) in [4.78, 5) is 17.9.